The van der Waals surface area contributed by atoms with E-state index in [2.05, 4.69) is 0 Å². The van der Waals surface area contributed by atoms with Crippen molar-refractivity contribution in [2.75, 3.05) is 6.16 Å². The number of para-hydroxylation sites is 2. The maximum atomic E-state index is 13.2. The van der Waals surface area contributed by atoms with Gasteiger partial charge >= 0.3 is 13.6 Å². The average molecular weight is 376 g/mol. The van der Waals surface area contributed by atoms with Crippen LogP contribution in [0.3, 0.4) is 0 Å². The molecule has 0 spiro atoms. The van der Waals surface area contributed by atoms with E-state index >= 15 is 0 Å². The standard InChI is InChI=1S/C20H25O5P/c1-17(2)23-20(21)15-9-10-16-26(22,24-18-11-5-3-6-12-18)25-19-13-7-4-8-14-19/h3-8,11-14,17H,9-10,15-16H2,1-2H3. The van der Waals surface area contributed by atoms with Crippen LogP contribution in [-0.4, -0.2) is 18.2 Å². The summed E-state index contributed by atoms with van der Waals surface area (Å²) in [6, 6.07) is 17.9. The van der Waals surface area contributed by atoms with E-state index in [1.54, 1.807) is 24.3 Å². The van der Waals surface area contributed by atoms with E-state index in [0.29, 0.717) is 24.3 Å². The van der Waals surface area contributed by atoms with Gasteiger partial charge in [0.25, 0.3) is 0 Å². The Morgan fingerprint density at radius 1 is 0.885 bits per heavy atom. The van der Waals surface area contributed by atoms with E-state index in [-0.39, 0.29) is 24.7 Å². The maximum Gasteiger partial charge on any atom is 0.430 e. The van der Waals surface area contributed by atoms with Crippen molar-refractivity contribution in [2.45, 2.75) is 39.2 Å². The van der Waals surface area contributed by atoms with E-state index < -0.39 is 7.60 Å². The van der Waals surface area contributed by atoms with Gasteiger partial charge in [0.15, 0.2) is 0 Å². The molecule has 0 radical (unpaired) electrons. The number of carbonyl (C=O) groups excluding carboxylic acids is 1. The molecule has 0 atom stereocenters. The van der Waals surface area contributed by atoms with E-state index in [4.69, 9.17) is 13.8 Å². The lowest BCUT2D eigenvalue weighted by atomic mass is 10.2. The Morgan fingerprint density at radius 2 is 1.38 bits per heavy atom. The Hall–Kier alpha value is -2.26. The highest BCUT2D eigenvalue weighted by molar-refractivity contribution is 7.54. The van der Waals surface area contributed by atoms with Crippen LogP contribution in [0.5, 0.6) is 11.5 Å². The Labute approximate surface area is 154 Å². The van der Waals surface area contributed by atoms with Gasteiger partial charge in [-0.3, -0.25) is 4.79 Å². The van der Waals surface area contributed by atoms with Gasteiger partial charge < -0.3 is 13.8 Å². The lowest BCUT2D eigenvalue weighted by Gasteiger charge is -2.20. The van der Waals surface area contributed by atoms with E-state index in [0.717, 1.165) is 0 Å². The molecule has 2 aromatic carbocycles. The SMILES string of the molecule is CC(C)OC(=O)CCCCP(=O)(Oc1ccccc1)Oc1ccccc1. The lowest BCUT2D eigenvalue weighted by Crippen LogP contribution is -2.11. The number of ether oxygens (including phenoxy) is 1. The zero-order valence-electron chi connectivity index (χ0n) is 15.2. The van der Waals surface area contributed by atoms with Crippen LogP contribution in [0.15, 0.2) is 60.7 Å². The van der Waals surface area contributed by atoms with Crippen LogP contribution in [-0.2, 0) is 14.1 Å². The lowest BCUT2D eigenvalue weighted by molar-refractivity contribution is -0.147. The minimum absolute atomic E-state index is 0.128. The maximum absolute atomic E-state index is 13.2. The second-order valence-corrected chi connectivity index (χ2v) is 8.17. The molecule has 0 aliphatic rings. The molecule has 0 fully saturated rings. The molecule has 0 aromatic heterocycles. The topological polar surface area (TPSA) is 61.8 Å². The second kappa shape index (κ2) is 10.0. The van der Waals surface area contributed by atoms with Crippen molar-refractivity contribution in [1.82, 2.24) is 0 Å². The number of rotatable bonds is 10. The molecule has 26 heavy (non-hydrogen) atoms. The van der Waals surface area contributed by atoms with Crippen LogP contribution >= 0.6 is 7.60 Å². The molecule has 0 amide bonds. The first-order valence-corrected chi connectivity index (χ1v) is 10.5. The Kier molecular flexibility index (Phi) is 7.73. The summed E-state index contributed by atoms with van der Waals surface area (Å²) >= 11 is 0. The van der Waals surface area contributed by atoms with Crippen LogP contribution in [0.1, 0.15) is 33.1 Å². The Bertz CT molecular complexity index is 670. The van der Waals surface area contributed by atoms with E-state index in [1.807, 2.05) is 50.2 Å². The number of hydrogen-bond acceptors (Lipinski definition) is 5. The minimum atomic E-state index is -3.40. The van der Waals surface area contributed by atoms with Crippen molar-refractivity contribution in [3.63, 3.8) is 0 Å². The molecular formula is C20H25O5P. The molecule has 0 unspecified atom stereocenters. The largest absolute Gasteiger partial charge is 0.463 e. The fourth-order valence-corrected chi connectivity index (χ4v) is 4.01. The number of unbranched alkanes of at least 4 members (excludes halogenated alkanes) is 1. The summed E-state index contributed by atoms with van der Waals surface area (Å²) in [6.45, 7) is 3.63. The zero-order chi connectivity index (χ0) is 18.8. The van der Waals surface area contributed by atoms with Crippen molar-refractivity contribution in [3.05, 3.63) is 60.7 Å². The van der Waals surface area contributed by atoms with Gasteiger partial charge in [0.05, 0.1) is 12.3 Å². The van der Waals surface area contributed by atoms with Crippen molar-refractivity contribution < 1.29 is 23.1 Å². The molecular weight excluding hydrogens is 351 g/mol. The number of esters is 1. The van der Waals surface area contributed by atoms with Crippen molar-refractivity contribution in [3.8, 4) is 11.5 Å². The van der Waals surface area contributed by atoms with Crippen LogP contribution in [0, 0.1) is 0 Å². The summed E-state index contributed by atoms with van der Waals surface area (Å²) in [5.41, 5.74) is 0. The summed E-state index contributed by atoms with van der Waals surface area (Å²) in [7, 11) is -3.40. The molecule has 0 saturated heterocycles. The van der Waals surface area contributed by atoms with Crippen molar-refractivity contribution in [1.29, 1.82) is 0 Å². The molecule has 0 N–H and O–H groups in total. The smallest absolute Gasteiger partial charge is 0.430 e. The van der Waals surface area contributed by atoms with Crippen LogP contribution in [0.25, 0.3) is 0 Å². The molecule has 6 heteroatoms. The highest BCUT2D eigenvalue weighted by Crippen LogP contribution is 2.49. The average Bonchev–Trinajstić information content (AvgIpc) is 2.60. The first-order chi connectivity index (χ1) is 12.5. The third kappa shape index (κ3) is 7.32. The fourth-order valence-electron chi connectivity index (χ4n) is 2.29. The second-order valence-electron chi connectivity index (χ2n) is 6.14. The molecule has 5 nitrogen and oxygen atoms in total. The molecule has 140 valence electrons. The van der Waals surface area contributed by atoms with Gasteiger partial charge in [-0.15, -0.1) is 0 Å². The predicted molar refractivity (Wildman–Crippen MR) is 102 cm³/mol. The molecule has 0 aliphatic heterocycles. The number of hydrogen-bond donors (Lipinski definition) is 0. The molecule has 2 rings (SSSR count). The van der Waals surface area contributed by atoms with Gasteiger partial charge in [-0.05, 0) is 51.0 Å². The molecule has 0 aliphatic carbocycles. The highest BCUT2D eigenvalue weighted by atomic mass is 31.2. The molecule has 0 saturated carbocycles. The first-order valence-electron chi connectivity index (χ1n) is 8.75. The number of carbonyl (C=O) groups is 1. The normalized spacial score (nSPS) is 11.2. The summed E-state index contributed by atoms with van der Waals surface area (Å²) in [5.74, 6) is 0.736. The molecule has 2 aromatic rings. The van der Waals surface area contributed by atoms with Gasteiger partial charge in [-0.25, -0.2) is 4.57 Å². The van der Waals surface area contributed by atoms with E-state index in [1.165, 1.54) is 0 Å². The third-order valence-electron chi connectivity index (χ3n) is 3.41. The highest BCUT2D eigenvalue weighted by Gasteiger charge is 2.27. The Morgan fingerprint density at radius 3 is 1.85 bits per heavy atom. The first kappa shape index (κ1) is 20.1. The van der Waals surface area contributed by atoms with Gasteiger partial charge in [0, 0.05) is 6.42 Å². The van der Waals surface area contributed by atoms with Crippen molar-refractivity contribution >= 4 is 13.6 Å². The Balaban J connectivity index is 1.96. The fraction of sp³-hybridized carbons (Fsp3) is 0.350. The predicted octanol–water partition coefficient (Wildman–Crippen LogP) is 5.46. The van der Waals surface area contributed by atoms with Gasteiger partial charge in [0.1, 0.15) is 11.5 Å². The van der Waals surface area contributed by atoms with Gasteiger partial charge in [0.2, 0.25) is 0 Å². The third-order valence-corrected chi connectivity index (χ3v) is 5.25. The van der Waals surface area contributed by atoms with E-state index in [9.17, 15) is 9.36 Å². The van der Waals surface area contributed by atoms with Gasteiger partial charge in [-0.1, -0.05) is 36.4 Å². The quantitative estimate of drug-likeness (QED) is 0.313. The van der Waals surface area contributed by atoms with Crippen molar-refractivity contribution in [2.24, 2.45) is 0 Å². The monoisotopic (exact) mass is 376 g/mol. The summed E-state index contributed by atoms with van der Waals surface area (Å²) in [5, 5.41) is 0. The van der Waals surface area contributed by atoms with Crippen LogP contribution < -0.4 is 9.05 Å². The summed E-state index contributed by atoms with van der Waals surface area (Å²) in [6.07, 6.45) is 1.47. The van der Waals surface area contributed by atoms with Crippen LogP contribution in [0.4, 0.5) is 0 Å². The van der Waals surface area contributed by atoms with Gasteiger partial charge in [-0.2, -0.15) is 0 Å². The summed E-state index contributed by atoms with van der Waals surface area (Å²) < 4.78 is 29.7. The molecule has 0 bridgehead atoms. The number of benzene rings is 2. The van der Waals surface area contributed by atoms with Crippen LogP contribution in [0.2, 0.25) is 0 Å². The minimum Gasteiger partial charge on any atom is -0.463 e. The summed E-state index contributed by atoms with van der Waals surface area (Å²) in [4.78, 5) is 11.6. The molecule has 0 heterocycles. The zero-order valence-corrected chi connectivity index (χ0v) is 16.1.